The molecule has 1 saturated heterocycles. The smallest absolute Gasteiger partial charge is 0.306 e. The van der Waals surface area contributed by atoms with Gasteiger partial charge in [0, 0.05) is 36.8 Å². The summed E-state index contributed by atoms with van der Waals surface area (Å²) in [5.74, 6) is 1.55. The quantitative estimate of drug-likeness (QED) is 0.526. The zero-order valence-corrected chi connectivity index (χ0v) is 21.8. The number of hydrogen-bond acceptors (Lipinski definition) is 3. The molecule has 8 atom stereocenters. The molecule has 5 nitrogen and oxygen atoms in total. The Hall–Kier alpha value is -0.650. The van der Waals surface area contributed by atoms with Gasteiger partial charge in [0.25, 0.3) is 0 Å². The van der Waals surface area contributed by atoms with Crippen LogP contribution in [0, 0.1) is 29.6 Å². The van der Waals surface area contributed by atoms with E-state index < -0.39 is 5.97 Å². The second-order valence-corrected chi connectivity index (χ2v) is 11.5. The molecule has 0 aromatic carbocycles. The molecule has 3 saturated carbocycles. The van der Waals surface area contributed by atoms with Crippen LogP contribution >= 0.6 is 0 Å². The van der Waals surface area contributed by atoms with Crippen LogP contribution in [-0.4, -0.2) is 76.1 Å². The van der Waals surface area contributed by atoms with E-state index in [2.05, 4.69) is 37.5 Å². The Balaban J connectivity index is 1.60. The SMILES string of the molecule is CCN(CC)C1CCC2C(C1)[OH+]C1CC(N(CC)CC)CCC1C2C1CCCCC1C(=O)O. The third-order valence-electron chi connectivity index (χ3n) is 10.3. The lowest BCUT2D eigenvalue weighted by atomic mass is 9.56. The van der Waals surface area contributed by atoms with Crippen LogP contribution in [0.3, 0.4) is 0 Å². The van der Waals surface area contributed by atoms with Crippen LogP contribution in [0.1, 0.15) is 91.9 Å². The second kappa shape index (κ2) is 11.4. The molecule has 0 aromatic rings. The first kappa shape index (κ1) is 25.4. The highest BCUT2D eigenvalue weighted by Crippen LogP contribution is 2.53. The van der Waals surface area contributed by atoms with Gasteiger partial charge in [-0.1, -0.05) is 40.5 Å². The molecule has 1 aliphatic heterocycles. The minimum atomic E-state index is -0.524. The molecule has 8 unspecified atom stereocenters. The topological polar surface area (TPSA) is 56.6 Å². The predicted octanol–water partition coefficient (Wildman–Crippen LogP) is 4.79. The number of ether oxygens (including phenoxy) is 1. The first-order valence-electron chi connectivity index (χ1n) is 14.4. The molecule has 1 heterocycles. The van der Waals surface area contributed by atoms with Gasteiger partial charge in [-0.2, -0.15) is 0 Å². The first-order valence-corrected chi connectivity index (χ1v) is 14.4. The Bertz CT molecular complexity index is 599. The number of hydrogen-bond donors (Lipinski definition) is 1. The maximum absolute atomic E-state index is 12.3. The minimum absolute atomic E-state index is 0.121. The Kier molecular flexibility index (Phi) is 8.78. The molecule has 33 heavy (non-hydrogen) atoms. The van der Waals surface area contributed by atoms with E-state index in [1.165, 1.54) is 44.9 Å². The van der Waals surface area contributed by atoms with Crippen LogP contribution in [0.5, 0.6) is 0 Å². The van der Waals surface area contributed by atoms with Gasteiger partial charge in [-0.15, -0.1) is 0 Å². The standard InChI is InChI=1S/C28H50N2O3/c1-5-29(6-2)19-13-15-23-25(17-19)33-26-18-20(30(7-3)8-4)14-16-24(26)27(23)21-11-9-10-12-22(21)28(31)32/h19-27H,5-18H2,1-4H3,(H,31,32)/p+1. The summed E-state index contributed by atoms with van der Waals surface area (Å²) in [7, 11) is 0. The van der Waals surface area contributed by atoms with Crippen LogP contribution in [0.25, 0.3) is 0 Å². The van der Waals surface area contributed by atoms with E-state index in [0.29, 0.717) is 48.0 Å². The van der Waals surface area contributed by atoms with Crippen molar-refractivity contribution in [3.63, 3.8) is 0 Å². The highest BCUT2D eigenvalue weighted by Gasteiger charge is 2.57. The molecule has 0 amide bonds. The van der Waals surface area contributed by atoms with E-state index in [4.69, 9.17) is 4.74 Å². The van der Waals surface area contributed by atoms with Crippen LogP contribution < -0.4 is 0 Å². The van der Waals surface area contributed by atoms with Gasteiger partial charge in [0.1, 0.15) is 0 Å². The molecule has 0 bridgehead atoms. The third-order valence-corrected chi connectivity index (χ3v) is 10.3. The number of carboxylic acids is 1. The van der Waals surface area contributed by atoms with Gasteiger partial charge in [-0.05, 0) is 76.5 Å². The molecule has 5 heteroatoms. The number of aliphatic carboxylic acids is 1. The lowest BCUT2D eigenvalue weighted by molar-refractivity contribution is -0.288. The first-order chi connectivity index (χ1) is 16.0. The number of carbonyl (C=O) groups is 1. The maximum atomic E-state index is 12.3. The minimum Gasteiger partial charge on any atom is -0.481 e. The summed E-state index contributed by atoms with van der Waals surface area (Å²) in [6.45, 7) is 13.7. The Morgan fingerprint density at radius 2 is 1.21 bits per heavy atom. The molecule has 190 valence electrons. The highest BCUT2D eigenvalue weighted by molar-refractivity contribution is 5.70. The van der Waals surface area contributed by atoms with Crippen molar-refractivity contribution < 1.29 is 14.6 Å². The molecule has 0 radical (unpaired) electrons. The molecular formula is C28H51N2O3+. The van der Waals surface area contributed by atoms with Crippen LogP contribution in [0.2, 0.25) is 0 Å². The monoisotopic (exact) mass is 463 g/mol. The van der Waals surface area contributed by atoms with Crippen molar-refractivity contribution in [3.8, 4) is 0 Å². The van der Waals surface area contributed by atoms with Gasteiger partial charge >= 0.3 is 5.97 Å². The van der Waals surface area contributed by atoms with Crippen LogP contribution in [0.15, 0.2) is 0 Å². The number of carboxylic acid groups (broad SMARTS) is 1. The van der Waals surface area contributed by atoms with E-state index in [-0.39, 0.29) is 5.92 Å². The van der Waals surface area contributed by atoms with Crippen molar-refractivity contribution in [1.82, 2.24) is 9.80 Å². The second-order valence-electron chi connectivity index (χ2n) is 11.5. The van der Waals surface area contributed by atoms with E-state index in [1.54, 1.807) is 0 Å². The zero-order valence-electron chi connectivity index (χ0n) is 21.8. The summed E-state index contributed by atoms with van der Waals surface area (Å²) < 4.78 is 5.64. The van der Waals surface area contributed by atoms with Crippen LogP contribution in [0.4, 0.5) is 0 Å². The van der Waals surface area contributed by atoms with Crippen molar-refractivity contribution in [1.29, 1.82) is 0 Å². The number of rotatable bonds is 8. The Morgan fingerprint density at radius 1 is 0.727 bits per heavy atom. The molecule has 4 fully saturated rings. The Morgan fingerprint density at radius 3 is 1.67 bits per heavy atom. The van der Waals surface area contributed by atoms with E-state index in [9.17, 15) is 9.90 Å². The maximum Gasteiger partial charge on any atom is 0.306 e. The number of aliphatic hydroxyl groups is 2. The van der Waals surface area contributed by atoms with Gasteiger partial charge in [-0.3, -0.25) is 4.79 Å². The highest BCUT2D eigenvalue weighted by atomic mass is 16.5. The van der Waals surface area contributed by atoms with Crippen molar-refractivity contribution in [2.75, 3.05) is 26.2 Å². The van der Waals surface area contributed by atoms with E-state index >= 15 is 0 Å². The van der Waals surface area contributed by atoms with Gasteiger partial charge in [0.2, 0.25) is 0 Å². The number of fused-ring (bicyclic) bond motifs is 2. The summed E-state index contributed by atoms with van der Waals surface area (Å²) in [5, 5.41) is 10.2. The largest absolute Gasteiger partial charge is 0.481 e. The Labute approximate surface area is 202 Å². The molecular weight excluding hydrogens is 412 g/mol. The van der Waals surface area contributed by atoms with Gasteiger partial charge < -0.3 is 19.6 Å². The summed E-state index contributed by atoms with van der Waals surface area (Å²) in [6.07, 6.45) is 12.7. The zero-order chi connectivity index (χ0) is 23.5. The van der Waals surface area contributed by atoms with Crippen molar-refractivity contribution in [3.05, 3.63) is 0 Å². The predicted molar refractivity (Wildman–Crippen MR) is 134 cm³/mol. The van der Waals surface area contributed by atoms with Crippen LogP contribution in [-0.2, 0) is 4.79 Å². The molecule has 4 aliphatic rings. The third kappa shape index (κ3) is 5.16. The lowest BCUT2D eigenvalue weighted by Crippen LogP contribution is -2.60. The fraction of sp³-hybridized carbons (Fsp3) is 0.964. The average molecular weight is 464 g/mol. The number of nitrogens with zero attached hydrogens (tertiary/aromatic N) is 2. The van der Waals surface area contributed by atoms with Crippen molar-refractivity contribution in [2.45, 2.75) is 116 Å². The van der Waals surface area contributed by atoms with Gasteiger partial charge in [0.15, 0.2) is 12.2 Å². The van der Waals surface area contributed by atoms with E-state index in [0.717, 1.165) is 45.4 Å². The molecule has 0 spiro atoms. The normalized spacial score (nSPS) is 41.6. The summed E-state index contributed by atoms with van der Waals surface area (Å²) >= 11 is 0. The molecule has 0 aromatic heterocycles. The summed E-state index contributed by atoms with van der Waals surface area (Å²) in [6, 6.07) is 1.32. The summed E-state index contributed by atoms with van der Waals surface area (Å²) in [4.78, 5) is 17.6. The van der Waals surface area contributed by atoms with Crippen molar-refractivity contribution >= 4 is 5.97 Å². The molecule has 2 N–H and O–H groups in total. The van der Waals surface area contributed by atoms with Crippen molar-refractivity contribution in [2.24, 2.45) is 29.6 Å². The van der Waals surface area contributed by atoms with Gasteiger partial charge in [0.05, 0.1) is 5.92 Å². The average Bonchev–Trinajstić information content (AvgIpc) is 2.84. The lowest BCUT2D eigenvalue weighted by Gasteiger charge is -2.55. The fourth-order valence-corrected chi connectivity index (χ4v) is 8.81. The molecule has 3 aliphatic carbocycles. The van der Waals surface area contributed by atoms with E-state index in [1.807, 2.05) is 0 Å². The summed E-state index contributed by atoms with van der Waals surface area (Å²) in [5.41, 5.74) is 0. The fourth-order valence-electron chi connectivity index (χ4n) is 8.81. The molecule has 4 rings (SSSR count). The van der Waals surface area contributed by atoms with Gasteiger partial charge in [-0.25, -0.2) is 0 Å².